The molecule has 196 valence electrons. The molecule has 6 nitrogen and oxygen atoms in total. The normalized spacial score (nSPS) is 12.8. The molecule has 1 atom stereocenters. The van der Waals surface area contributed by atoms with Gasteiger partial charge in [0.1, 0.15) is 5.75 Å². The second-order valence-electron chi connectivity index (χ2n) is 9.30. The smallest absolute Gasteiger partial charge is 0.340 e. The first-order valence-corrected chi connectivity index (χ1v) is 12.8. The molecular formula is C32H26ClNO5. The molecule has 3 N–H and O–H groups in total. The van der Waals surface area contributed by atoms with E-state index in [0.717, 1.165) is 16.5 Å². The number of hydrogen-bond donors (Lipinski definition) is 3. The first kappa shape index (κ1) is 26.2. The minimum absolute atomic E-state index is 0.129. The zero-order valence-electron chi connectivity index (χ0n) is 21.4. The Morgan fingerprint density at radius 1 is 0.872 bits per heavy atom. The number of H-pyrrole nitrogens is 1. The summed E-state index contributed by atoms with van der Waals surface area (Å²) in [6, 6.07) is 27.2. The molecule has 39 heavy (non-hydrogen) atoms. The first-order chi connectivity index (χ1) is 18.8. The van der Waals surface area contributed by atoms with Gasteiger partial charge in [-0.05, 0) is 64.4 Å². The van der Waals surface area contributed by atoms with Gasteiger partial charge in [0.05, 0.1) is 5.02 Å². The molecule has 0 saturated heterocycles. The van der Waals surface area contributed by atoms with Crippen LogP contribution in [-0.2, 0) is 15.1 Å². The molecule has 1 heterocycles. The standard InChI is InChI=1S/C32H26ClNO5/c1-3-32(39-2,31(37)38)23-11-7-10-20(14-23)26-16-22-15-25(27(33)18-28(22)34-30(26)36)21-12-13-24(29(35)17-21)19-8-5-4-6-9-19/h4-18,35H,3H2,1-2H3,(H,34,36)(H,37,38). The van der Waals surface area contributed by atoms with Gasteiger partial charge in [-0.3, -0.25) is 4.79 Å². The third-order valence-electron chi connectivity index (χ3n) is 7.16. The minimum Gasteiger partial charge on any atom is -0.507 e. The number of benzene rings is 4. The number of carboxylic acid groups (broad SMARTS) is 1. The van der Waals surface area contributed by atoms with E-state index in [1.807, 2.05) is 48.5 Å². The van der Waals surface area contributed by atoms with E-state index in [1.54, 1.807) is 49.4 Å². The van der Waals surface area contributed by atoms with E-state index < -0.39 is 11.6 Å². The molecule has 5 rings (SSSR count). The van der Waals surface area contributed by atoms with Crippen molar-refractivity contribution in [3.63, 3.8) is 0 Å². The van der Waals surface area contributed by atoms with Crippen molar-refractivity contribution in [1.82, 2.24) is 4.98 Å². The van der Waals surface area contributed by atoms with Crippen molar-refractivity contribution < 1.29 is 19.7 Å². The second kappa shape index (κ2) is 10.4. The average Bonchev–Trinajstić information content (AvgIpc) is 2.94. The minimum atomic E-state index is -1.52. The van der Waals surface area contributed by atoms with Gasteiger partial charge in [-0.25, -0.2) is 4.79 Å². The summed E-state index contributed by atoms with van der Waals surface area (Å²) in [7, 11) is 1.36. The molecule has 0 aliphatic heterocycles. The topological polar surface area (TPSA) is 99.6 Å². The Kier molecular flexibility index (Phi) is 7.00. The van der Waals surface area contributed by atoms with Gasteiger partial charge in [-0.15, -0.1) is 0 Å². The lowest BCUT2D eigenvalue weighted by Gasteiger charge is -2.27. The van der Waals surface area contributed by atoms with Crippen molar-refractivity contribution in [2.75, 3.05) is 7.11 Å². The molecule has 0 radical (unpaired) electrons. The number of pyridine rings is 1. The van der Waals surface area contributed by atoms with Crippen LogP contribution >= 0.6 is 11.6 Å². The van der Waals surface area contributed by atoms with Crippen LogP contribution in [0, 0.1) is 0 Å². The number of carbonyl (C=O) groups is 1. The van der Waals surface area contributed by atoms with E-state index in [0.29, 0.717) is 38.4 Å². The summed E-state index contributed by atoms with van der Waals surface area (Å²) in [4.78, 5) is 28.0. The van der Waals surface area contributed by atoms with Gasteiger partial charge in [-0.1, -0.05) is 79.2 Å². The number of rotatable bonds is 7. The number of phenolic OH excluding ortho intramolecular Hbond substituents is 1. The van der Waals surface area contributed by atoms with E-state index in [4.69, 9.17) is 16.3 Å². The van der Waals surface area contributed by atoms with Crippen molar-refractivity contribution in [1.29, 1.82) is 0 Å². The number of phenols is 1. The number of halogens is 1. The molecule has 0 aliphatic rings. The summed E-state index contributed by atoms with van der Waals surface area (Å²) >= 11 is 6.62. The van der Waals surface area contributed by atoms with Crippen molar-refractivity contribution >= 4 is 28.5 Å². The van der Waals surface area contributed by atoms with Crippen LogP contribution in [0.1, 0.15) is 18.9 Å². The first-order valence-electron chi connectivity index (χ1n) is 12.4. The van der Waals surface area contributed by atoms with E-state index >= 15 is 0 Å². The molecule has 4 aromatic carbocycles. The molecule has 1 unspecified atom stereocenters. The lowest BCUT2D eigenvalue weighted by Crippen LogP contribution is -2.37. The summed E-state index contributed by atoms with van der Waals surface area (Å²) < 4.78 is 5.43. The summed E-state index contributed by atoms with van der Waals surface area (Å²) in [6.45, 7) is 1.74. The molecule has 5 aromatic rings. The molecule has 0 spiro atoms. The Bertz CT molecular complexity index is 1760. The Balaban J connectivity index is 1.61. The number of ether oxygens (including phenoxy) is 1. The zero-order valence-corrected chi connectivity index (χ0v) is 22.1. The van der Waals surface area contributed by atoms with E-state index in [9.17, 15) is 19.8 Å². The molecule has 7 heteroatoms. The van der Waals surface area contributed by atoms with Gasteiger partial charge in [0, 0.05) is 29.3 Å². The molecule has 1 aromatic heterocycles. The second-order valence-corrected chi connectivity index (χ2v) is 9.71. The van der Waals surface area contributed by atoms with Crippen LogP contribution in [0.2, 0.25) is 5.02 Å². The number of aromatic hydroxyl groups is 1. The van der Waals surface area contributed by atoms with Crippen molar-refractivity contribution in [3.8, 4) is 39.1 Å². The lowest BCUT2D eigenvalue weighted by atomic mass is 9.88. The van der Waals surface area contributed by atoms with Crippen LogP contribution in [0.25, 0.3) is 44.3 Å². The predicted octanol–water partition coefficient (Wildman–Crippen LogP) is 7.22. The number of nitrogens with one attached hydrogen (secondary N) is 1. The van der Waals surface area contributed by atoms with Crippen LogP contribution in [0.4, 0.5) is 0 Å². The number of aromatic amines is 1. The number of carboxylic acids is 1. The van der Waals surface area contributed by atoms with Gasteiger partial charge < -0.3 is 19.9 Å². The highest BCUT2D eigenvalue weighted by atomic mass is 35.5. The number of hydrogen-bond acceptors (Lipinski definition) is 4. The fraction of sp³-hybridized carbons (Fsp3) is 0.125. The summed E-state index contributed by atoms with van der Waals surface area (Å²) in [6.07, 6.45) is 0.216. The van der Waals surface area contributed by atoms with Gasteiger partial charge in [0.15, 0.2) is 5.60 Å². The lowest BCUT2D eigenvalue weighted by molar-refractivity contribution is -0.164. The fourth-order valence-electron chi connectivity index (χ4n) is 4.99. The molecule has 0 fully saturated rings. The van der Waals surface area contributed by atoms with Crippen LogP contribution in [0.5, 0.6) is 5.75 Å². The van der Waals surface area contributed by atoms with Crippen LogP contribution in [0.15, 0.2) is 95.8 Å². The number of aliphatic carboxylic acids is 1. The van der Waals surface area contributed by atoms with Crippen LogP contribution in [0.3, 0.4) is 0 Å². The summed E-state index contributed by atoms with van der Waals surface area (Å²) in [5.74, 6) is -0.970. The van der Waals surface area contributed by atoms with Gasteiger partial charge >= 0.3 is 5.97 Å². The Morgan fingerprint density at radius 3 is 2.23 bits per heavy atom. The number of fused-ring (bicyclic) bond motifs is 1. The van der Waals surface area contributed by atoms with Gasteiger partial charge in [0.25, 0.3) is 5.56 Å². The van der Waals surface area contributed by atoms with E-state index in [1.165, 1.54) is 7.11 Å². The summed E-state index contributed by atoms with van der Waals surface area (Å²) in [5, 5.41) is 21.8. The molecule has 0 bridgehead atoms. The molecule has 0 aliphatic carbocycles. The van der Waals surface area contributed by atoms with E-state index in [-0.39, 0.29) is 17.7 Å². The fourth-order valence-corrected chi connectivity index (χ4v) is 5.26. The third-order valence-corrected chi connectivity index (χ3v) is 7.47. The SMILES string of the molecule is CCC(OC)(C(=O)O)c1cccc(-c2cc3cc(-c4ccc(-c5ccccc5)c(O)c4)c(Cl)cc3[nH]c2=O)c1. The van der Waals surface area contributed by atoms with Crippen LogP contribution in [-0.4, -0.2) is 28.3 Å². The van der Waals surface area contributed by atoms with Gasteiger partial charge in [-0.2, -0.15) is 0 Å². The van der Waals surface area contributed by atoms with Crippen molar-refractivity contribution in [2.45, 2.75) is 18.9 Å². The maximum Gasteiger partial charge on any atom is 0.340 e. The number of aromatic nitrogens is 1. The molecule has 0 saturated carbocycles. The van der Waals surface area contributed by atoms with Crippen molar-refractivity contribution in [2.24, 2.45) is 0 Å². The maximum atomic E-state index is 13.1. The zero-order chi connectivity index (χ0) is 27.7. The monoisotopic (exact) mass is 539 g/mol. The average molecular weight is 540 g/mol. The molecule has 0 amide bonds. The highest BCUT2D eigenvalue weighted by molar-refractivity contribution is 6.34. The number of methoxy groups -OCH3 is 1. The van der Waals surface area contributed by atoms with Gasteiger partial charge in [0.2, 0.25) is 0 Å². The van der Waals surface area contributed by atoms with Crippen molar-refractivity contribution in [3.05, 3.63) is 112 Å². The largest absolute Gasteiger partial charge is 0.507 e. The maximum absolute atomic E-state index is 13.1. The highest BCUT2D eigenvalue weighted by Gasteiger charge is 2.39. The summed E-state index contributed by atoms with van der Waals surface area (Å²) in [5.41, 5.74) is 3.13. The van der Waals surface area contributed by atoms with E-state index in [2.05, 4.69) is 4.98 Å². The Morgan fingerprint density at radius 2 is 1.56 bits per heavy atom. The predicted molar refractivity (Wildman–Crippen MR) is 154 cm³/mol. The molecular weight excluding hydrogens is 514 g/mol. The third kappa shape index (κ3) is 4.69. The highest BCUT2D eigenvalue weighted by Crippen LogP contribution is 2.38. The Hall–Kier alpha value is -4.39. The Labute approximate surface area is 230 Å². The quantitative estimate of drug-likeness (QED) is 0.203. The van der Waals surface area contributed by atoms with Crippen LogP contribution < -0.4 is 5.56 Å².